The third-order valence-corrected chi connectivity index (χ3v) is 3.08. The van der Waals surface area contributed by atoms with Crippen LogP contribution in [0, 0.1) is 0 Å². The van der Waals surface area contributed by atoms with Gasteiger partial charge >= 0.3 is 0 Å². The third kappa shape index (κ3) is 2.22. The van der Waals surface area contributed by atoms with Gasteiger partial charge in [-0.05, 0) is 46.1 Å². The Bertz CT molecular complexity index is 275. The standard InChI is InChI=1S/C9H11BrClN/c1-6(5-12)7-2-3-9(11)8(10)4-7/h2-4,6H,5,12H2,1H3. The van der Waals surface area contributed by atoms with E-state index in [2.05, 4.69) is 22.9 Å². The smallest absolute Gasteiger partial charge is 0.0548 e. The number of benzene rings is 1. The summed E-state index contributed by atoms with van der Waals surface area (Å²) in [5, 5.41) is 0.739. The van der Waals surface area contributed by atoms with Gasteiger partial charge in [0.1, 0.15) is 0 Å². The Morgan fingerprint density at radius 1 is 1.58 bits per heavy atom. The minimum Gasteiger partial charge on any atom is -0.330 e. The van der Waals surface area contributed by atoms with Crippen molar-refractivity contribution < 1.29 is 0 Å². The summed E-state index contributed by atoms with van der Waals surface area (Å²) in [6.07, 6.45) is 0. The largest absolute Gasteiger partial charge is 0.330 e. The van der Waals surface area contributed by atoms with E-state index in [1.54, 1.807) is 0 Å². The Balaban J connectivity index is 2.96. The summed E-state index contributed by atoms with van der Waals surface area (Å²) in [4.78, 5) is 0. The summed E-state index contributed by atoms with van der Waals surface area (Å²) in [6.45, 7) is 2.75. The van der Waals surface area contributed by atoms with Crippen LogP contribution in [0.1, 0.15) is 18.4 Å². The summed E-state index contributed by atoms with van der Waals surface area (Å²) in [5.41, 5.74) is 6.76. The number of rotatable bonds is 2. The van der Waals surface area contributed by atoms with Crippen molar-refractivity contribution in [1.82, 2.24) is 0 Å². The lowest BCUT2D eigenvalue weighted by Gasteiger charge is -2.09. The molecule has 0 bridgehead atoms. The second-order valence-corrected chi connectivity index (χ2v) is 4.07. The van der Waals surface area contributed by atoms with Gasteiger partial charge in [0.25, 0.3) is 0 Å². The Hall–Kier alpha value is -0.0500. The molecule has 0 amide bonds. The first-order valence-corrected chi connectivity index (χ1v) is 4.97. The molecular formula is C9H11BrClN. The van der Waals surface area contributed by atoms with Gasteiger partial charge in [0.05, 0.1) is 5.02 Å². The molecule has 2 N–H and O–H groups in total. The molecule has 0 aliphatic rings. The quantitative estimate of drug-likeness (QED) is 0.855. The molecule has 66 valence electrons. The van der Waals surface area contributed by atoms with Gasteiger partial charge < -0.3 is 5.73 Å². The monoisotopic (exact) mass is 247 g/mol. The van der Waals surface area contributed by atoms with Crippen LogP contribution in [0.3, 0.4) is 0 Å². The first-order valence-electron chi connectivity index (χ1n) is 3.80. The van der Waals surface area contributed by atoms with Gasteiger partial charge in [-0.1, -0.05) is 24.6 Å². The van der Waals surface area contributed by atoms with Crippen LogP contribution in [0.2, 0.25) is 5.02 Å². The van der Waals surface area contributed by atoms with Crippen molar-refractivity contribution in [2.24, 2.45) is 5.73 Å². The molecular weight excluding hydrogens is 237 g/mol. The van der Waals surface area contributed by atoms with Crippen LogP contribution in [0.25, 0.3) is 0 Å². The molecule has 3 heteroatoms. The summed E-state index contributed by atoms with van der Waals surface area (Å²) < 4.78 is 0.932. The lowest BCUT2D eigenvalue weighted by molar-refractivity contribution is 0.773. The molecule has 1 aromatic rings. The predicted molar refractivity (Wildman–Crippen MR) is 56.6 cm³/mol. The van der Waals surface area contributed by atoms with E-state index in [0.29, 0.717) is 12.5 Å². The maximum Gasteiger partial charge on any atom is 0.0548 e. The highest BCUT2D eigenvalue weighted by atomic mass is 79.9. The Labute approximate surface area is 86.0 Å². The van der Waals surface area contributed by atoms with E-state index in [9.17, 15) is 0 Å². The van der Waals surface area contributed by atoms with Crippen molar-refractivity contribution in [2.45, 2.75) is 12.8 Å². The maximum atomic E-state index is 5.85. The molecule has 0 aromatic heterocycles. The molecule has 0 radical (unpaired) electrons. The first kappa shape index (κ1) is 10.0. The van der Waals surface area contributed by atoms with Crippen molar-refractivity contribution >= 4 is 27.5 Å². The van der Waals surface area contributed by atoms with Crippen molar-refractivity contribution in [1.29, 1.82) is 0 Å². The molecule has 1 aromatic carbocycles. The average Bonchev–Trinajstić information content (AvgIpc) is 2.08. The number of nitrogens with two attached hydrogens (primary N) is 1. The zero-order valence-corrected chi connectivity index (χ0v) is 9.19. The highest BCUT2D eigenvalue weighted by molar-refractivity contribution is 9.10. The molecule has 1 rings (SSSR count). The summed E-state index contributed by atoms with van der Waals surface area (Å²) in [7, 11) is 0. The number of hydrogen-bond donors (Lipinski definition) is 1. The fourth-order valence-corrected chi connectivity index (χ4v) is 1.47. The topological polar surface area (TPSA) is 26.0 Å². The molecule has 0 heterocycles. The molecule has 1 atom stereocenters. The molecule has 0 aliphatic carbocycles. The van der Waals surface area contributed by atoms with Crippen LogP contribution in [-0.4, -0.2) is 6.54 Å². The molecule has 0 saturated carbocycles. The van der Waals surface area contributed by atoms with Crippen molar-refractivity contribution in [3.8, 4) is 0 Å². The van der Waals surface area contributed by atoms with Crippen molar-refractivity contribution in [3.63, 3.8) is 0 Å². The Kier molecular flexibility index (Phi) is 3.56. The number of hydrogen-bond acceptors (Lipinski definition) is 1. The fraction of sp³-hybridized carbons (Fsp3) is 0.333. The molecule has 1 unspecified atom stereocenters. The van der Waals surface area contributed by atoms with Gasteiger partial charge in [0.15, 0.2) is 0 Å². The second kappa shape index (κ2) is 4.26. The predicted octanol–water partition coefficient (Wildman–Crippen LogP) is 3.16. The van der Waals surface area contributed by atoms with E-state index in [4.69, 9.17) is 17.3 Å². The summed E-state index contributed by atoms with van der Waals surface area (Å²) in [5.74, 6) is 0.388. The summed E-state index contributed by atoms with van der Waals surface area (Å²) >= 11 is 9.22. The summed E-state index contributed by atoms with van der Waals surface area (Å²) in [6, 6.07) is 5.90. The Morgan fingerprint density at radius 2 is 2.25 bits per heavy atom. The van der Waals surface area contributed by atoms with Gasteiger partial charge in [-0.2, -0.15) is 0 Å². The zero-order valence-electron chi connectivity index (χ0n) is 6.85. The van der Waals surface area contributed by atoms with E-state index in [1.165, 1.54) is 5.56 Å². The van der Waals surface area contributed by atoms with E-state index < -0.39 is 0 Å². The second-order valence-electron chi connectivity index (χ2n) is 2.81. The van der Waals surface area contributed by atoms with E-state index in [-0.39, 0.29) is 0 Å². The SMILES string of the molecule is CC(CN)c1ccc(Cl)c(Br)c1. The van der Waals surface area contributed by atoms with Crippen LogP contribution < -0.4 is 5.73 Å². The first-order chi connectivity index (χ1) is 5.65. The maximum absolute atomic E-state index is 5.85. The highest BCUT2D eigenvalue weighted by Crippen LogP contribution is 2.26. The van der Waals surface area contributed by atoms with Gasteiger partial charge in [-0.25, -0.2) is 0 Å². The normalized spacial score (nSPS) is 13.0. The van der Waals surface area contributed by atoms with E-state index >= 15 is 0 Å². The van der Waals surface area contributed by atoms with Crippen LogP contribution in [-0.2, 0) is 0 Å². The van der Waals surface area contributed by atoms with Gasteiger partial charge in [0.2, 0.25) is 0 Å². The molecule has 0 spiro atoms. The van der Waals surface area contributed by atoms with Gasteiger partial charge in [-0.3, -0.25) is 0 Å². The zero-order chi connectivity index (χ0) is 9.14. The van der Waals surface area contributed by atoms with E-state index in [0.717, 1.165) is 9.50 Å². The Morgan fingerprint density at radius 3 is 2.75 bits per heavy atom. The third-order valence-electron chi connectivity index (χ3n) is 1.87. The minimum atomic E-state index is 0.388. The molecule has 0 aliphatic heterocycles. The lowest BCUT2D eigenvalue weighted by Crippen LogP contribution is -2.08. The van der Waals surface area contributed by atoms with E-state index in [1.807, 2.05) is 18.2 Å². The van der Waals surface area contributed by atoms with Gasteiger partial charge in [-0.15, -0.1) is 0 Å². The van der Waals surface area contributed by atoms with Crippen LogP contribution in [0.5, 0.6) is 0 Å². The van der Waals surface area contributed by atoms with Crippen LogP contribution in [0.4, 0.5) is 0 Å². The molecule has 0 fully saturated rings. The van der Waals surface area contributed by atoms with Gasteiger partial charge in [0, 0.05) is 4.47 Å². The van der Waals surface area contributed by atoms with Crippen molar-refractivity contribution in [3.05, 3.63) is 33.3 Å². The number of halogens is 2. The molecule has 1 nitrogen and oxygen atoms in total. The highest BCUT2D eigenvalue weighted by Gasteiger charge is 2.04. The molecule has 0 saturated heterocycles. The fourth-order valence-electron chi connectivity index (χ4n) is 0.955. The van der Waals surface area contributed by atoms with Crippen molar-refractivity contribution in [2.75, 3.05) is 6.54 Å². The lowest BCUT2D eigenvalue weighted by atomic mass is 10.0. The average molecular weight is 249 g/mol. The molecule has 12 heavy (non-hydrogen) atoms. The minimum absolute atomic E-state index is 0.388. The van der Waals surface area contributed by atoms with Crippen LogP contribution in [0.15, 0.2) is 22.7 Å². The van der Waals surface area contributed by atoms with Crippen LogP contribution >= 0.6 is 27.5 Å².